The van der Waals surface area contributed by atoms with Gasteiger partial charge in [0.15, 0.2) is 0 Å². The summed E-state index contributed by atoms with van der Waals surface area (Å²) in [6.45, 7) is 3.22. The molecule has 2 aromatic rings. The first-order valence-corrected chi connectivity index (χ1v) is 7.56. The number of aliphatic hydroxyl groups is 1. The zero-order valence-corrected chi connectivity index (χ0v) is 13.5. The highest BCUT2D eigenvalue weighted by Crippen LogP contribution is 2.10. The van der Waals surface area contributed by atoms with E-state index >= 15 is 0 Å². The van der Waals surface area contributed by atoms with Gasteiger partial charge in [0.25, 0.3) is 0 Å². The van der Waals surface area contributed by atoms with E-state index in [2.05, 4.69) is 10.3 Å². The van der Waals surface area contributed by atoms with Crippen molar-refractivity contribution in [2.75, 3.05) is 0 Å². The molecule has 0 radical (unpaired) electrons. The van der Waals surface area contributed by atoms with Gasteiger partial charge in [0, 0.05) is 13.3 Å². The van der Waals surface area contributed by atoms with E-state index in [1.54, 1.807) is 13.8 Å². The van der Waals surface area contributed by atoms with E-state index in [-0.39, 0.29) is 18.3 Å². The van der Waals surface area contributed by atoms with Crippen LogP contribution in [-0.2, 0) is 17.8 Å². The van der Waals surface area contributed by atoms with Crippen LogP contribution in [0.25, 0.3) is 0 Å². The van der Waals surface area contributed by atoms with Crippen LogP contribution in [0.2, 0.25) is 0 Å². The van der Waals surface area contributed by atoms with Crippen LogP contribution >= 0.6 is 0 Å². The number of nitro groups is 1. The van der Waals surface area contributed by atoms with Crippen molar-refractivity contribution in [3.63, 3.8) is 0 Å². The number of aromatic nitrogens is 2. The van der Waals surface area contributed by atoms with E-state index in [0.717, 1.165) is 5.56 Å². The number of hydrogen-bond acceptors (Lipinski definition) is 5. The molecule has 0 bridgehead atoms. The maximum absolute atomic E-state index is 12.1. The Kier molecular flexibility index (Phi) is 5.64. The molecule has 1 aromatic carbocycles. The molecule has 1 heterocycles. The third kappa shape index (κ3) is 4.63. The molecule has 2 N–H and O–H groups in total. The molecule has 2 unspecified atom stereocenters. The van der Waals surface area contributed by atoms with Crippen molar-refractivity contribution in [3.05, 3.63) is 58.0 Å². The van der Waals surface area contributed by atoms with Gasteiger partial charge in [-0.3, -0.25) is 9.36 Å². The fourth-order valence-corrected chi connectivity index (χ4v) is 2.32. The third-order valence-electron chi connectivity index (χ3n) is 3.72. The molecule has 0 spiro atoms. The van der Waals surface area contributed by atoms with Gasteiger partial charge in [0.2, 0.25) is 11.7 Å². The van der Waals surface area contributed by atoms with Crippen molar-refractivity contribution in [2.24, 2.45) is 0 Å². The second-order valence-electron chi connectivity index (χ2n) is 5.64. The van der Waals surface area contributed by atoms with Crippen LogP contribution in [-0.4, -0.2) is 37.6 Å². The van der Waals surface area contributed by atoms with Crippen LogP contribution in [0.1, 0.15) is 18.3 Å². The summed E-state index contributed by atoms with van der Waals surface area (Å²) in [6.07, 6.45) is 0.923. The Balaban J connectivity index is 1.90. The lowest BCUT2D eigenvalue weighted by molar-refractivity contribution is -0.389. The van der Waals surface area contributed by atoms with E-state index in [4.69, 9.17) is 0 Å². The SMILES string of the molecule is Cc1nc([N+](=O)[O-])cn1CC(=O)NC(C)C(O)Cc1ccccc1. The smallest absolute Gasteiger partial charge is 0.381 e. The molecule has 0 fully saturated rings. The molecular formula is C16H20N4O4. The lowest BCUT2D eigenvalue weighted by atomic mass is 10.0. The van der Waals surface area contributed by atoms with E-state index in [9.17, 15) is 20.0 Å². The Bertz CT molecular complexity index is 714. The maximum Gasteiger partial charge on any atom is 0.381 e. The van der Waals surface area contributed by atoms with Crippen molar-refractivity contribution in [2.45, 2.75) is 39.0 Å². The first-order chi connectivity index (χ1) is 11.4. The average molecular weight is 332 g/mol. The quantitative estimate of drug-likeness (QED) is 0.585. The molecule has 1 amide bonds. The van der Waals surface area contributed by atoms with Gasteiger partial charge in [0.05, 0.1) is 12.1 Å². The van der Waals surface area contributed by atoms with Crippen molar-refractivity contribution >= 4 is 11.7 Å². The number of nitrogens with one attached hydrogen (secondary N) is 1. The number of carbonyl (C=O) groups excluding carboxylic acids is 1. The second kappa shape index (κ2) is 7.69. The van der Waals surface area contributed by atoms with Gasteiger partial charge in [-0.25, -0.2) is 0 Å². The van der Waals surface area contributed by atoms with Crippen LogP contribution in [0.5, 0.6) is 0 Å². The third-order valence-corrected chi connectivity index (χ3v) is 3.72. The van der Waals surface area contributed by atoms with Crippen LogP contribution in [0, 0.1) is 17.0 Å². The number of nitrogens with zero attached hydrogens (tertiary/aromatic N) is 3. The summed E-state index contributed by atoms with van der Waals surface area (Å²) in [4.78, 5) is 25.9. The fraction of sp³-hybridized carbons (Fsp3) is 0.375. The lowest BCUT2D eigenvalue weighted by Gasteiger charge is -2.20. The molecule has 2 rings (SSSR count). The number of hydrogen-bond donors (Lipinski definition) is 2. The van der Waals surface area contributed by atoms with Crippen LogP contribution < -0.4 is 5.32 Å². The number of aliphatic hydroxyl groups excluding tert-OH is 1. The van der Waals surface area contributed by atoms with Gasteiger partial charge in [-0.15, -0.1) is 0 Å². The summed E-state index contributed by atoms with van der Waals surface area (Å²) in [5, 5.41) is 23.6. The molecular weight excluding hydrogens is 312 g/mol. The average Bonchev–Trinajstić information content (AvgIpc) is 2.89. The zero-order chi connectivity index (χ0) is 17.7. The minimum Gasteiger partial charge on any atom is -0.391 e. The summed E-state index contributed by atoms with van der Waals surface area (Å²) >= 11 is 0. The Morgan fingerprint density at radius 1 is 1.42 bits per heavy atom. The Labute approximate surface area is 139 Å². The van der Waals surface area contributed by atoms with Crippen molar-refractivity contribution < 1.29 is 14.8 Å². The molecule has 2 atom stereocenters. The molecule has 0 saturated carbocycles. The number of rotatable bonds is 7. The van der Waals surface area contributed by atoms with Crippen LogP contribution in [0.3, 0.4) is 0 Å². The summed E-state index contributed by atoms with van der Waals surface area (Å²) in [5.41, 5.74) is 0.979. The number of imidazole rings is 1. The van der Waals surface area contributed by atoms with Crippen molar-refractivity contribution in [3.8, 4) is 0 Å². The first kappa shape index (κ1) is 17.6. The van der Waals surface area contributed by atoms with Gasteiger partial charge in [0.1, 0.15) is 12.7 Å². The molecule has 0 saturated heterocycles. The predicted molar refractivity (Wildman–Crippen MR) is 87.4 cm³/mol. The molecule has 0 aliphatic carbocycles. The van der Waals surface area contributed by atoms with Crippen LogP contribution in [0.4, 0.5) is 5.82 Å². The van der Waals surface area contributed by atoms with Gasteiger partial charge >= 0.3 is 5.82 Å². The number of benzene rings is 1. The van der Waals surface area contributed by atoms with E-state index in [0.29, 0.717) is 12.2 Å². The summed E-state index contributed by atoms with van der Waals surface area (Å²) in [5.74, 6) is -0.253. The van der Waals surface area contributed by atoms with Gasteiger partial charge in [-0.1, -0.05) is 30.3 Å². The number of amides is 1. The Hall–Kier alpha value is -2.74. The van der Waals surface area contributed by atoms with Gasteiger partial charge in [-0.05, 0) is 22.4 Å². The summed E-state index contributed by atoms with van der Waals surface area (Å²) < 4.78 is 1.41. The molecule has 8 heteroatoms. The van der Waals surface area contributed by atoms with Gasteiger partial charge in [-0.2, -0.15) is 0 Å². The monoisotopic (exact) mass is 332 g/mol. The minimum atomic E-state index is -0.727. The molecule has 24 heavy (non-hydrogen) atoms. The second-order valence-corrected chi connectivity index (χ2v) is 5.64. The lowest BCUT2D eigenvalue weighted by Crippen LogP contribution is -2.43. The summed E-state index contributed by atoms with van der Waals surface area (Å²) in [6, 6.07) is 9.04. The van der Waals surface area contributed by atoms with Crippen molar-refractivity contribution in [1.29, 1.82) is 0 Å². The molecule has 0 aliphatic rings. The van der Waals surface area contributed by atoms with Gasteiger partial charge < -0.3 is 20.5 Å². The highest BCUT2D eigenvalue weighted by Gasteiger charge is 2.20. The fourth-order valence-electron chi connectivity index (χ4n) is 2.32. The minimum absolute atomic E-state index is 0.0882. The van der Waals surface area contributed by atoms with E-state index in [1.165, 1.54) is 10.8 Å². The standard InChI is InChI=1S/C16H20N4O4/c1-11(14(21)8-13-6-4-3-5-7-13)17-16(22)10-19-9-15(20(23)24)18-12(19)2/h3-7,9,11,14,21H,8,10H2,1-2H3,(H,17,22). The van der Waals surface area contributed by atoms with E-state index in [1.807, 2.05) is 30.3 Å². The maximum atomic E-state index is 12.1. The topological polar surface area (TPSA) is 110 Å². The molecule has 128 valence electrons. The highest BCUT2D eigenvalue weighted by atomic mass is 16.6. The largest absolute Gasteiger partial charge is 0.391 e. The Morgan fingerprint density at radius 2 is 2.08 bits per heavy atom. The van der Waals surface area contributed by atoms with Crippen LogP contribution in [0.15, 0.2) is 36.5 Å². The molecule has 8 nitrogen and oxygen atoms in total. The predicted octanol–water partition coefficient (Wildman–Crippen LogP) is 1.21. The normalized spacial score (nSPS) is 13.3. The number of carbonyl (C=O) groups is 1. The molecule has 0 aliphatic heterocycles. The zero-order valence-electron chi connectivity index (χ0n) is 13.5. The summed E-state index contributed by atoms with van der Waals surface area (Å²) in [7, 11) is 0. The van der Waals surface area contributed by atoms with E-state index < -0.39 is 17.1 Å². The Morgan fingerprint density at radius 3 is 2.67 bits per heavy atom. The van der Waals surface area contributed by atoms with Crippen molar-refractivity contribution in [1.82, 2.24) is 14.9 Å². The molecule has 1 aromatic heterocycles. The number of aryl methyl sites for hydroxylation is 1. The first-order valence-electron chi connectivity index (χ1n) is 7.56. The highest BCUT2D eigenvalue weighted by molar-refractivity contribution is 5.76.